The SMILES string of the molecule is CCOC(=O)C1CCCCN1CCOCCOCCOC. The summed E-state index contributed by atoms with van der Waals surface area (Å²) >= 11 is 0. The molecule has 21 heavy (non-hydrogen) atoms. The zero-order valence-electron chi connectivity index (χ0n) is 13.3. The molecule has 0 N–H and O–H groups in total. The highest BCUT2D eigenvalue weighted by molar-refractivity contribution is 5.75. The van der Waals surface area contributed by atoms with Gasteiger partial charge in [0, 0.05) is 13.7 Å². The van der Waals surface area contributed by atoms with Crippen molar-refractivity contribution >= 4 is 5.97 Å². The number of hydrogen-bond acceptors (Lipinski definition) is 6. The predicted octanol–water partition coefficient (Wildman–Crippen LogP) is 1.08. The zero-order valence-corrected chi connectivity index (χ0v) is 13.3. The van der Waals surface area contributed by atoms with Crippen molar-refractivity contribution in [3.63, 3.8) is 0 Å². The molecule has 0 aromatic heterocycles. The highest BCUT2D eigenvalue weighted by Crippen LogP contribution is 2.17. The zero-order chi connectivity index (χ0) is 15.3. The summed E-state index contributed by atoms with van der Waals surface area (Å²) in [4.78, 5) is 14.1. The van der Waals surface area contributed by atoms with Crippen LogP contribution in [0.5, 0.6) is 0 Å². The van der Waals surface area contributed by atoms with Crippen molar-refractivity contribution in [2.75, 3.05) is 59.8 Å². The minimum absolute atomic E-state index is 0.0970. The van der Waals surface area contributed by atoms with Gasteiger partial charge in [-0.1, -0.05) is 6.42 Å². The molecule has 0 aromatic carbocycles. The molecule has 0 amide bonds. The molecule has 1 fully saturated rings. The maximum Gasteiger partial charge on any atom is 0.323 e. The minimum Gasteiger partial charge on any atom is -0.465 e. The highest BCUT2D eigenvalue weighted by atomic mass is 16.5. The van der Waals surface area contributed by atoms with Crippen molar-refractivity contribution in [1.82, 2.24) is 4.90 Å². The number of likely N-dealkylation sites (tertiary alicyclic amines) is 1. The van der Waals surface area contributed by atoms with E-state index in [9.17, 15) is 4.79 Å². The second kappa shape index (κ2) is 11.9. The van der Waals surface area contributed by atoms with E-state index in [2.05, 4.69) is 4.90 Å². The van der Waals surface area contributed by atoms with E-state index >= 15 is 0 Å². The number of esters is 1. The average Bonchev–Trinajstić information content (AvgIpc) is 2.50. The molecule has 0 aliphatic carbocycles. The lowest BCUT2D eigenvalue weighted by atomic mass is 10.0. The molecule has 0 saturated carbocycles. The van der Waals surface area contributed by atoms with E-state index in [-0.39, 0.29) is 12.0 Å². The molecular weight excluding hydrogens is 274 g/mol. The molecule has 1 atom stereocenters. The van der Waals surface area contributed by atoms with Crippen molar-refractivity contribution < 1.29 is 23.7 Å². The number of rotatable bonds is 11. The van der Waals surface area contributed by atoms with E-state index in [1.165, 1.54) is 0 Å². The largest absolute Gasteiger partial charge is 0.465 e. The second-order valence-corrected chi connectivity index (χ2v) is 5.02. The number of piperidine rings is 1. The summed E-state index contributed by atoms with van der Waals surface area (Å²) in [5.41, 5.74) is 0. The number of nitrogens with zero attached hydrogens (tertiary/aromatic N) is 1. The smallest absolute Gasteiger partial charge is 0.323 e. The quantitative estimate of drug-likeness (QED) is 0.420. The summed E-state index contributed by atoms with van der Waals surface area (Å²) in [6.07, 6.45) is 3.11. The topological polar surface area (TPSA) is 57.2 Å². The first kappa shape index (κ1) is 18.4. The first-order chi connectivity index (χ1) is 10.3. The van der Waals surface area contributed by atoms with Gasteiger partial charge in [-0.15, -0.1) is 0 Å². The molecule has 1 unspecified atom stereocenters. The van der Waals surface area contributed by atoms with E-state index in [1.807, 2.05) is 6.92 Å². The van der Waals surface area contributed by atoms with Crippen molar-refractivity contribution in [1.29, 1.82) is 0 Å². The van der Waals surface area contributed by atoms with Gasteiger partial charge in [0.05, 0.1) is 39.6 Å². The molecule has 0 aromatic rings. The van der Waals surface area contributed by atoms with Gasteiger partial charge in [0.15, 0.2) is 0 Å². The molecule has 0 radical (unpaired) electrons. The maximum absolute atomic E-state index is 11.9. The van der Waals surface area contributed by atoms with Gasteiger partial charge in [-0.05, 0) is 26.3 Å². The van der Waals surface area contributed by atoms with Crippen LogP contribution in [0.4, 0.5) is 0 Å². The number of hydrogen-bond donors (Lipinski definition) is 0. The molecule has 1 aliphatic rings. The fraction of sp³-hybridized carbons (Fsp3) is 0.933. The average molecular weight is 303 g/mol. The Kier molecular flexibility index (Phi) is 10.4. The summed E-state index contributed by atoms with van der Waals surface area (Å²) in [5.74, 6) is -0.0971. The monoisotopic (exact) mass is 303 g/mol. The molecular formula is C15H29NO5. The molecule has 0 bridgehead atoms. The molecule has 6 nitrogen and oxygen atoms in total. The van der Waals surface area contributed by atoms with Gasteiger partial charge in [-0.3, -0.25) is 9.69 Å². The van der Waals surface area contributed by atoms with Crippen molar-refractivity contribution in [3.05, 3.63) is 0 Å². The summed E-state index contributed by atoms with van der Waals surface area (Å²) in [6, 6.07) is -0.0970. The molecule has 1 heterocycles. The predicted molar refractivity (Wildman–Crippen MR) is 79.4 cm³/mol. The van der Waals surface area contributed by atoms with Gasteiger partial charge in [0.2, 0.25) is 0 Å². The second-order valence-electron chi connectivity index (χ2n) is 5.02. The Morgan fingerprint density at radius 3 is 2.52 bits per heavy atom. The summed E-state index contributed by atoms with van der Waals surface area (Å²) in [7, 11) is 1.65. The Hall–Kier alpha value is -0.690. The van der Waals surface area contributed by atoms with Gasteiger partial charge in [-0.25, -0.2) is 0 Å². The van der Waals surface area contributed by atoms with Crippen LogP contribution >= 0.6 is 0 Å². The van der Waals surface area contributed by atoms with Crippen molar-refractivity contribution in [3.8, 4) is 0 Å². The molecule has 1 aliphatic heterocycles. The molecule has 124 valence electrons. The lowest BCUT2D eigenvalue weighted by Crippen LogP contribution is -2.46. The first-order valence-corrected chi connectivity index (χ1v) is 7.84. The van der Waals surface area contributed by atoms with Crippen molar-refractivity contribution in [2.24, 2.45) is 0 Å². The van der Waals surface area contributed by atoms with Crippen LogP contribution in [-0.4, -0.2) is 76.8 Å². The Morgan fingerprint density at radius 1 is 1.10 bits per heavy atom. The molecule has 0 spiro atoms. The van der Waals surface area contributed by atoms with Crippen molar-refractivity contribution in [2.45, 2.75) is 32.2 Å². The van der Waals surface area contributed by atoms with Crippen LogP contribution in [0.1, 0.15) is 26.2 Å². The number of carbonyl (C=O) groups excluding carboxylic acids is 1. The van der Waals surface area contributed by atoms with Gasteiger partial charge in [0.1, 0.15) is 6.04 Å². The van der Waals surface area contributed by atoms with Crippen LogP contribution in [0.15, 0.2) is 0 Å². The molecule has 6 heteroatoms. The fourth-order valence-electron chi connectivity index (χ4n) is 2.41. The third-order valence-corrected chi connectivity index (χ3v) is 3.50. The lowest BCUT2D eigenvalue weighted by Gasteiger charge is -2.33. The van der Waals surface area contributed by atoms with E-state index in [4.69, 9.17) is 18.9 Å². The Balaban J connectivity index is 2.12. The summed E-state index contributed by atoms with van der Waals surface area (Å²) < 4.78 is 20.9. The number of carbonyl (C=O) groups is 1. The van der Waals surface area contributed by atoms with Crippen LogP contribution < -0.4 is 0 Å². The summed E-state index contributed by atoms with van der Waals surface area (Å²) in [5, 5.41) is 0. The Morgan fingerprint density at radius 2 is 1.81 bits per heavy atom. The van der Waals surface area contributed by atoms with Gasteiger partial charge in [-0.2, -0.15) is 0 Å². The van der Waals surface area contributed by atoms with E-state index in [1.54, 1.807) is 7.11 Å². The van der Waals surface area contributed by atoms with Gasteiger partial charge < -0.3 is 18.9 Å². The van der Waals surface area contributed by atoms with Crippen LogP contribution in [0.2, 0.25) is 0 Å². The summed E-state index contributed by atoms with van der Waals surface area (Å²) in [6.45, 7) is 6.96. The molecule has 1 rings (SSSR count). The standard InChI is InChI=1S/C15H29NO5/c1-3-21-15(17)14-6-4-5-7-16(14)8-9-19-12-13-20-11-10-18-2/h14H,3-13H2,1-2H3. The van der Waals surface area contributed by atoms with E-state index < -0.39 is 0 Å². The maximum atomic E-state index is 11.9. The minimum atomic E-state index is -0.0971. The third-order valence-electron chi connectivity index (χ3n) is 3.50. The fourth-order valence-corrected chi connectivity index (χ4v) is 2.41. The lowest BCUT2D eigenvalue weighted by molar-refractivity contribution is -0.151. The number of methoxy groups -OCH3 is 1. The van der Waals surface area contributed by atoms with Crippen LogP contribution in [0.25, 0.3) is 0 Å². The first-order valence-electron chi connectivity index (χ1n) is 7.84. The van der Waals surface area contributed by atoms with Crippen LogP contribution in [0, 0.1) is 0 Å². The van der Waals surface area contributed by atoms with E-state index in [0.717, 1.165) is 32.4 Å². The molecule has 1 saturated heterocycles. The third kappa shape index (κ3) is 7.76. The highest BCUT2D eigenvalue weighted by Gasteiger charge is 2.29. The van der Waals surface area contributed by atoms with Crippen LogP contribution in [0.3, 0.4) is 0 Å². The van der Waals surface area contributed by atoms with E-state index in [0.29, 0.717) is 39.6 Å². The van der Waals surface area contributed by atoms with Gasteiger partial charge >= 0.3 is 5.97 Å². The normalized spacial score (nSPS) is 19.6. The number of ether oxygens (including phenoxy) is 4. The Labute approximate surface area is 127 Å². The Bertz CT molecular complexity index is 275. The van der Waals surface area contributed by atoms with Gasteiger partial charge in [0.25, 0.3) is 0 Å². The van der Waals surface area contributed by atoms with Crippen LogP contribution in [-0.2, 0) is 23.7 Å².